The van der Waals surface area contributed by atoms with Crippen molar-refractivity contribution in [3.05, 3.63) is 53.0 Å². The fourth-order valence-corrected chi connectivity index (χ4v) is 2.73. The molecule has 0 saturated heterocycles. The quantitative estimate of drug-likeness (QED) is 0.511. The van der Waals surface area contributed by atoms with E-state index in [2.05, 4.69) is 25.7 Å². The summed E-state index contributed by atoms with van der Waals surface area (Å²) >= 11 is 0. The molecule has 0 radical (unpaired) electrons. The molecule has 2 heterocycles. The average Bonchev–Trinajstić information content (AvgIpc) is 3.19. The molecule has 6 nitrogen and oxygen atoms in total. The van der Waals surface area contributed by atoms with Crippen LogP contribution < -0.4 is 5.43 Å². The molecular formula is C17H17N5O. The van der Waals surface area contributed by atoms with Gasteiger partial charge in [-0.2, -0.15) is 10.2 Å². The predicted molar refractivity (Wildman–Crippen MR) is 88.7 cm³/mol. The van der Waals surface area contributed by atoms with Crippen LogP contribution in [0.2, 0.25) is 0 Å². The zero-order valence-electron chi connectivity index (χ0n) is 12.8. The van der Waals surface area contributed by atoms with Gasteiger partial charge in [-0.15, -0.1) is 0 Å². The minimum absolute atomic E-state index is 0.304. The third-order valence-electron chi connectivity index (χ3n) is 4.15. The standard InChI is InChI=1S/C17H17N5O/c1-10-13(12-4-2-3-5-14(12)19-10)9-18-22-17(23)16-8-15(20-21-16)11-6-7-11/h2-5,8-9,11,19H,6-7H2,1H3,(H,20,21)(H,22,23)/b18-9-. The summed E-state index contributed by atoms with van der Waals surface area (Å²) in [6, 6.07) is 9.81. The molecule has 4 rings (SSSR count). The third-order valence-corrected chi connectivity index (χ3v) is 4.15. The largest absolute Gasteiger partial charge is 0.358 e. The van der Waals surface area contributed by atoms with E-state index in [1.807, 2.05) is 31.2 Å². The Morgan fingerprint density at radius 1 is 1.39 bits per heavy atom. The number of nitrogens with zero attached hydrogens (tertiary/aromatic N) is 2. The van der Waals surface area contributed by atoms with Crippen molar-refractivity contribution in [1.82, 2.24) is 20.6 Å². The molecule has 3 aromatic rings. The number of hydrazone groups is 1. The molecule has 0 bridgehead atoms. The Bertz CT molecular complexity index is 901. The van der Waals surface area contributed by atoms with E-state index >= 15 is 0 Å². The molecule has 2 aromatic heterocycles. The van der Waals surface area contributed by atoms with Gasteiger partial charge in [0.25, 0.3) is 5.91 Å². The third kappa shape index (κ3) is 2.63. The summed E-state index contributed by atoms with van der Waals surface area (Å²) in [5.74, 6) is 0.239. The maximum atomic E-state index is 12.1. The van der Waals surface area contributed by atoms with Crippen molar-refractivity contribution in [3.8, 4) is 0 Å². The number of rotatable bonds is 4. The number of carbonyl (C=O) groups excluding carboxylic acids is 1. The molecule has 1 aliphatic carbocycles. The van der Waals surface area contributed by atoms with Crippen LogP contribution in [-0.2, 0) is 0 Å². The number of hydrogen-bond donors (Lipinski definition) is 3. The molecule has 1 aliphatic rings. The Labute approximate surface area is 133 Å². The molecule has 0 aliphatic heterocycles. The second-order valence-electron chi connectivity index (χ2n) is 5.89. The number of H-pyrrole nitrogens is 2. The van der Waals surface area contributed by atoms with Crippen molar-refractivity contribution in [2.75, 3.05) is 0 Å². The molecule has 0 atom stereocenters. The number of nitrogens with one attached hydrogen (secondary N) is 3. The molecule has 0 spiro atoms. The maximum absolute atomic E-state index is 12.1. The van der Waals surface area contributed by atoms with Gasteiger partial charge >= 0.3 is 0 Å². The molecule has 23 heavy (non-hydrogen) atoms. The van der Waals surface area contributed by atoms with Crippen LogP contribution in [0.1, 0.15) is 46.2 Å². The van der Waals surface area contributed by atoms with Crippen LogP contribution in [-0.4, -0.2) is 27.3 Å². The van der Waals surface area contributed by atoms with Crippen molar-refractivity contribution in [1.29, 1.82) is 0 Å². The lowest BCUT2D eigenvalue weighted by Gasteiger charge is -1.96. The molecule has 1 aromatic carbocycles. The fraction of sp³-hybridized carbons (Fsp3) is 0.235. The van der Waals surface area contributed by atoms with Crippen LogP contribution in [0, 0.1) is 6.92 Å². The number of fused-ring (bicyclic) bond motifs is 1. The minimum Gasteiger partial charge on any atom is -0.358 e. The van der Waals surface area contributed by atoms with Crippen molar-refractivity contribution in [3.63, 3.8) is 0 Å². The number of amides is 1. The van der Waals surface area contributed by atoms with Crippen molar-refractivity contribution >= 4 is 23.0 Å². The Kier molecular flexibility index (Phi) is 3.22. The van der Waals surface area contributed by atoms with Gasteiger partial charge in [-0.3, -0.25) is 9.89 Å². The predicted octanol–water partition coefficient (Wildman–Crippen LogP) is 2.84. The lowest BCUT2D eigenvalue weighted by Crippen LogP contribution is -2.18. The lowest BCUT2D eigenvalue weighted by atomic mass is 10.1. The number of carbonyl (C=O) groups is 1. The average molecular weight is 307 g/mol. The number of aryl methyl sites for hydroxylation is 1. The highest BCUT2D eigenvalue weighted by molar-refractivity contribution is 6.01. The first-order valence-corrected chi connectivity index (χ1v) is 7.68. The summed E-state index contributed by atoms with van der Waals surface area (Å²) < 4.78 is 0. The monoisotopic (exact) mass is 307 g/mol. The highest BCUT2D eigenvalue weighted by Crippen LogP contribution is 2.38. The Morgan fingerprint density at radius 3 is 3.04 bits per heavy atom. The normalized spacial score (nSPS) is 14.7. The van der Waals surface area contributed by atoms with Gasteiger partial charge in [0, 0.05) is 33.8 Å². The summed E-state index contributed by atoms with van der Waals surface area (Å²) in [6.07, 6.45) is 4.00. The van der Waals surface area contributed by atoms with Crippen LogP contribution in [0.5, 0.6) is 0 Å². The highest BCUT2D eigenvalue weighted by atomic mass is 16.2. The van der Waals surface area contributed by atoms with Gasteiger partial charge < -0.3 is 4.98 Å². The number of aromatic nitrogens is 3. The first kappa shape index (κ1) is 13.8. The molecule has 116 valence electrons. The molecule has 1 fully saturated rings. The summed E-state index contributed by atoms with van der Waals surface area (Å²) in [7, 11) is 0. The highest BCUT2D eigenvalue weighted by Gasteiger charge is 2.26. The van der Waals surface area contributed by atoms with Gasteiger partial charge in [-0.1, -0.05) is 18.2 Å². The van der Waals surface area contributed by atoms with Gasteiger partial charge in [0.1, 0.15) is 0 Å². The van der Waals surface area contributed by atoms with E-state index in [4.69, 9.17) is 0 Å². The molecule has 6 heteroatoms. The van der Waals surface area contributed by atoms with E-state index in [0.29, 0.717) is 11.6 Å². The first-order chi connectivity index (χ1) is 11.2. The van der Waals surface area contributed by atoms with E-state index in [-0.39, 0.29) is 5.91 Å². The van der Waals surface area contributed by atoms with E-state index < -0.39 is 0 Å². The number of hydrogen-bond acceptors (Lipinski definition) is 3. The molecule has 0 unspecified atom stereocenters. The van der Waals surface area contributed by atoms with Crippen LogP contribution >= 0.6 is 0 Å². The van der Waals surface area contributed by atoms with Crippen molar-refractivity contribution < 1.29 is 4.79 Å². The summed E-state index contributed by atoms with van der Waals surface area (Å²) in [5, 5.41) is 12.1. The van der Waals surface area contributed by atoms with Gasteiger partial charge in [0.05, 0.1) is 6.21 Å². The van der Waals surface area contributed by atoms with Gasteiger partial charge in [0.2, 0.25) is 0 Å². The van der Waals surface area contributed by atoms with Crippen molar-refractivity contribution in [2.24, 2.45) is 5.10 Å². The van der Waals surface area contributed by atoms with Crippen LogP contribution in [0.4, 0.5) is 0 Å². The van der Waals surface area contributed by atoms with Crippen LogP contribution in [0.25, 0.3) is 10.9 Å². The van der Waals surface area contributed by atoms with Crippen molar-refractivity contribution in [2.45, 2.75) is 25.7 Å². The van der Waals surface area contributed by atoms with Gasteiger partial charge in [-0.25, -0.2) is 5.43 Å². The second kappa shape index (κ2) is 5.39. The number of benzene rings is 1. The summed E-state index contributed by atoms with van der Waals surface area (Å²) in [4.78, 5) is 15.4. The minimum atomic E-state index is -0.304. The van der Waals surface area contributed by atoms with Gasteiger partial charge in [0.15, 0.2) is 5.69 Å². The fourth-order valence-electron chi connectivity index (χ4n) is 2.73. The summed E-state index contributed by atoms with van der Waals surface area (Å²) in [6.45, 7) is 1.98. The van der Waals surface area contributed by atoms with E-state index in [9.17, 15) is 4.79 Å². The smallest absolute Gasteiger partial charge is 0.291 e. The Morgan fingerprint density at radius 2 is 2.22 bits per heavy atom. The van der Waals surface area contributed by atoms with Crippen LogP contribution in [0.15, 0.2) is 35.4 Å². The molecule has 1 saturated carbocycles. The summed E-state index contributed by atoms with van der Waals surface area (Å²) in [5.41, 5.74) is 6.99. The Hall–Kier alpha value is -2.89. The maximum Gasteiger partial charge on any atom is 0.291 e. The van der Waals surface area contributed by atoms with E-state index in [1.54, 1.807) is 12.3 Å². The van der Waals surface area contributed by atoms with Gasteiger partial charge in [-0.05, 0) is 31.9 Å². The molecule has 1 amide bonds. The SMILES string of the molecule is Cc1[nH]c2ccccc2c1/C=N\NC(=O)c1cc(C2CC2)[nH]n1. The number of para-hydroxylation sites is 1. The molecule has 3 N–H and O–H groups in total. The lowest BCUT2D eigenvalue weighted by molar-refractivity contribution is 0.0950. The van der Waals surface area contributed by atoms with E-state index in [1.165, 1.54) is 12.8 Å². The number of aromatic amines is 2. The second-order valence-corrected chi connectivity index (χ2v) is 5.89. The zero-order chi connectivity index (χ0) is 15.8. The zero-order valence-corrected chi connectivity index (χ0v) is 12.8. The first-order valence-electron chi connectivity index (χ1n) is 7.68. The van der Waals surface area contributed by atoms with Crippen LogP contribution in [0.3, 0.4) is 0 Å². The topological polar surface area (TPSA) is 85.9 Å². The molecular weight excluding hydrogens is 290 g/mol. The Balaban J connectivity index is 1.49. The van der Waals surface area contributed by atoms with E-state index in [0.717, 1.165) is 27.9 Å².